The average molecular weight is 589 g/mol. The van der Waals surface area contributed by atoms with Crippen molar-refractivity contribution in [1.29, 1.82) is 0 Å². The number of hydrogen-bond acceptors (Lipinski definition) is 5. The van der Waals surface area contributed by atoms with E-state index in [-0.39, 0.29) is 30.4 Å². The molecule has 2 aromatic heterocycles. The van der Waals surface area contributed by atoms with Gasteiger partial charge in [-0.25, -0.2) is 0 Å². The molecule has 0 spiro atoms. The average Bonchev–Trinajstić information content (AvgIpc) is 3.32. The van der Waals surface area contributed by atoms with E-state index in [9.17, 15) is 18.0 Å². The molecular weight excluding hydrogens is 565 g/mol. The van der Waals surface area contributed by atoms with E-state index in [1.807, 2.05) is 41.1 Å². The van der Waals surface area contributed by atoms with Crippen LogP contribution in [0.25, 0.3) is 22.4 Å². The van der Waals surface area contributed by atoms with Crippen molar-refractivity contribution in [2.24, 2.45) is 16.8 Å². The number of benzene rings is 2. The molecule has 8 rings (SSSR count). The van der Waals surface area contributed by atoms with E-state index in [1.54, 1.807) is 16.8 Å². The van der Waals surface area contributed by atoms with Crippen LogP contribution in [0, 0.1) is 11.8 Å². The second-order valence-corrected chi connectivity index (χ2v) is 12.1. The van der Waals surface area contributed by atoms with Crippen LogP contribution in [0.4, 0.5) is 13.2 Å². The van der Waals surface area contributed by atoms with Gasteiger partial charge in [-0.3, -0.25) is 9.79 Å². The Morgan fingerprint density at radius 1 is 1.00 bits per heavy atom. The van der Waals surface area contributed by atoms with Gasteiger partial charge in [-0.1, -0.05) is 29.8 Å². The summed E-state index contributed by atoms with van der Waals surface area (Å²) in [5.74, 6) is -0.662. The van der Waals surface area contributed by atoms with E-state index in [2.05, 4.69) is 21.6 Å². The Hall–Kier alpha value is -4.05. The highest BCUT2D eigenvalue weighted by atomic mass is 35.5. The van der Waals surface area contributed by atoms with Crippen molar-refractivity contribution >= 4 is 22.9 Å². The lowest BCUT2D eigenvalue weighted by Gasteiger charge is -2.27. The third kappa shape index (κ3) is 4.14. The number of alkyl halides is 3. The van der Waals surface area contributed by atoms with Crippen LogP contribution in [0.1, 0.15) is 53.6 Å². The number of aromatic nitrogens is 5. The minimum absolute atomic E-state index is 0.0408. The summed E-state index contributed by atoms with van der Waals surface area (Å²) in [6, 6.07) is 14.8. The van der Waals surface area contributed by atoms with Gasteiger partial charge in [0.05, 0.1) is 17.6 Å². The van der Waals surface area contributed by atoms with Crippen molar-refractivity contribution in [3.8, 4) is 16.8 Å². The minimum Gasteiger partial charge on any atom is -0.303 e. The van der Waals surface area contributed by atoms with Crippen LogP contribution in [0.3, 0.4) is 0 Å². The number of aliphatic imine (C=N–C) groups is 1. The topological polar surface area (TPSA) is 78.0 Å². The van der Waals surface area contributed by atoms with Crippen LogP contribution in [0.2, 0.25) is 5.02 Å². The van der Waals surface area contributed by atoms with Gasteiger partial charge in [0, 0.05) is 46.6 Å². The lowest BCUT2D eigenvalue weighted by molar-refractivity contribution is -0.177. The second kappa shape index (κ2) is 9.22. The van der Waals surface area contributed by atoms with Crippen LogP contribution >= 0.6 is 11.6 Å². The lowest BCUT2D eigenvalue weighted by Crippen LogP contribution is -2.29. The standard InChI is InChI=1S/C31H24ClF3N6O/c32-22-5-6-27(40-15-37-38-39-40)23(12-22)19-10-28-24-13-25(24)30(41(28)29(42)11-19)26-9-20(14-36-26)17-1-2-18-8-21(31(33,34)35)4-3-16(18)7-17/h1-2,5-7,10-12,14-15,21,24-25,30H,3-4,8-9,13H2/t21?,24-,25+,30+/m1/s1. The van der Waals surface area contributed by atoms with Gasteiger partial charge in [0.2, 0.25) is 0 Å². The maximum atomic E-state index is 13.7. The number of hydrogen-bond donors (Lipinski definition) is 0. The first-order valence-corrected chi connectivity index (χ1v) is 14.4. The molecule has 0 saturated heterocycles. The van der Waals surface area contributed by atoms with Crippen LogP contribution in [-0.4, -0.2) is 36.7 Å². The summed E-state index contributed by atoms with van der Waals surface area (Å²) >= 11 is 6.35. The van der Waals surface area contributed by atoms with Crippen LogP contribution < -0.4 is 5.56 Å². The van der Waals surface area contributed by atoms with Gasteiger partial charge in [-0.05, 0) is 94.1 Å². The largest absolute Gasteiger partial charge is 0.392 e. The van der Waals surface area contributed by atoms with E-state index in [0.29, 0.717) is 23.8 Å². The number of allylic oxidation sites excluding steroid dienone is 1. The van der Waals surface area contributed by atoms with Crippen molar-refractivity contribution in [3.63, 3.8) is 0 Å². The normalized spacial score (nSPS) is 24.1. The third-order valence-electron chi connectivity index (χ3n) is 9.23. The molecule has 1 saturated carbocycles. The molecule has 4 aliphatic rings. The summed E-state index contributed by atoms with van der Waals surface area (Å²) < 4.78 is 43.2. The smallest absolute Gasteiger partial charge is 0.303 e. The number of halogens is 4. The van der Waals surface area contributed by atoms with E-state index in [4.69, 9.17) is 16.6 Å². The fourth-order valence-electron chi connectivity index (χ4n) is 7.08. The Kier molecular flexibility index (Phi) is 5.63. The molecule has 4 heterocycles. The first kappa shape index (κ1) is 25.6. The van der Waals surface area contributed by atoms with Crippen molar-refractivity contribution in [1.82, 2.24) is 24.8 Å². The highest BCUT2D eigenvalue weighted by Gasteiger charge is 2.54. The van der Waals surface area contributed by atoms with Crippen molar-refractivity contribution in [3.05, 3.63) is 98.8 Å². The molecule has 212 valence electrons. The number of pyridine rings is 1. The molecule has 1 fully saturated rings. The molecule has 4 aromatic rings. The number of fused-ring (bicyclic) bond motifs is 4. The Morgan fingerprint density at radius 2 is 1.88 bits per heavy atom. The quantitative estimate of drug-likeness (QED) is 0.278. The molecule has 0 radical (unpaired) electrons. The Morgan fingerprint density at radius 3 is 2.69 bits per heavy atom. The SMILES string of the molecule is O=c1cc(-c2cc(Cl)ccc2-n2cnnn2)cc2n1[C@H](C1=NC=C(c3ccc4c(c3)CCC(C(F)(F)F)C4)C1)[C@H]1C[C@@H]21. The minimum atomic E-state index is -4.16. The second-order valence-electron chi connectivity index (χ2n) is 11.7. The highest BCUT2D eigenvalue weighted by molar-refractivity contribution is 6.31. The van der Waals surface area contributed by atoms with Gasteiger partial charge in [0.25, 0.3) is 5.56 Å². The van der Waals surface area contributed by atoms with E-state index >= 15 is 0 Å². The van der Waals surface area contributed by atoms with Crippen LogP contribution in [0.5, 0.6) is 0 Å². The molecule has 0 amide bonds. The zero-order chi connectivity index (χ0) is 28.7. The van der Waals surface area contributed by atoms with E-state index in [0.717, 1.165) is 56.9 Å². The summed E-state index contributed by atoms with van der Waals surface area (Å²) in [5, 5.41) is 12.0. The van der Waals surface area contributed by atoms with Crippen molar-refractivity contribution in [2.75, 3.05) is 0 Å². The maximum absolute atomic E-state index is 13.7. The predicted molar refractivity (Wildman–Crippen MR) is 152 cm³/mol. The predicted octanol–water partition coefficient (Wildman–Crippen LogP) is 6.36. The Labute approximate surface area is 243 Å². The molecule has 0 N–H and O–H groups in total. The molecular formula is C31H24ClF3N6O. The van der Waals surface area contributed by atoms with E-state index in [1.165, 1.54) is 6.33 Å². The molecule has 2 aromatic carbocycles. The summed E-state index contributed by atoms with van der Waals surface area (Å²) in [4.78, 5) is 18.5. The molecule has 1 unspecified atom stereocenters. The van der Waals surface area contributed by atoms with E-state index < -0.39 is 12.1 Å². The zero-order valence-electron chi connectivity index (χ0n) is 22.2. The number of aryl methyl sites for hydroxylation is 1. The van der Waals surface area contributed by atoms with Gasteiger partial charge in [-0.2, -0.15) is 17.9 Å². The van der Waals surface area contributed by atoms with Crippen LogP contribution in [0.15, 0.2) is 70.8 Å². The van der Waals surface area contributed by atoms with Gasteiger partial charge in [-0.15, -0.1) is 5.10 Å². The van der Waals surface area contributed by atoms with Crippen molar-refractivity contribution < 1.29 is 13.2 Å². The van der Waals surface area contributed by atoms with Gasteiger partial charge in [0.15, 0.2) is 0 Å². The number of tetrazole rings is 1. The van der Waals surface area contributed by atoms with Crippen molar-refractivity contribution in [2.45, 2.75) is 50.2 Å². The van der Waals surface area contributed by atoms with Gasteiger partial charge in [0.1, 0.15) is 6.33 Å². The highest BCUT2D eigenvalue weighted by Crippen LogP contribution is 2.60. The molecule has 0 bridgehead atoms. The fraction of sp³-hybridized carbons (Fsp3) is 0.323. The summed E-state index contributed by atoms with van der Waals surface area (Å²) in [7, 11) is 0. The van der Waals surface area contributed by atoms with Gasteiger partial charge >= 0.3 is 6.18 Å². The molecule has 42 heavy (non-hydrogen) atoms. The van der Waals surface area contributed by atoms with Crippen LogP contribution in [-0.2, 0) is 12.8 Å². The lowest BCUT2D eigenvalue weighted by atomic mass is 9.82. The third-order valence-corrected chi connectivity index (χ3v) is 9.47. The molecule has 2 aliphatic carbocycles. The first-order valence-electron chi connectivity index (χ1n) is 14.0. The van der Waals surface area contributed by atoms with Gasteiger partial charge < -0.3 is 4.57 Å². The monoisotopic (exact) mass is 588 g/mol. The molecule has 7 nitrogen and oxygen atoms in total. The Bertz CT molecular complexity index is 1880. The number of rotatable bonds is 4. The summed E-state index contributed by atoms with van der Waals surface area (Å²) in [6.45, 7) is 0. The fourth-order valence-corrected chi connectivity index (χ4v) is 7.25. The zero-order valence-corrected chi connectivity index (χ0v) is 23.0. The number of nitrogens with zero attached hydrogens (tertiary/aromatic N) is 6. The summed E-state index contributed by atoms with van der Waals surface area (Å²) in [6.07, 6.45) is 1.41. The summed E-state index contributed by atoms with van der Waals surface area (Å²) in [5.41, 5.74) is 7.91. The molecule has 4 atom stereocenters. The molecule has 11 heteroatoms. The first-order chi connectivity index (χ1) is 20.2. The molecule has 2 aliphatic heterocycles. The maximum Gasteiger partial charge on any atom is 0.392 e. The Balaban J connectivity index is 1.07.